The summed E-state index contributed by atoms with van der Waals surface area (Å²) in [6.07, 6.45) is 0. The molecule has 0 bridgehead atoms. The van der Waals surface area contributed by atoms with Gasteiger partial charge >= 0.3 is 5.97 Å². The normalized spacial score (nSPS) is 8.83. The monoisotopic (exact) mass is 252 g/mol. The number of methoxy groups -OCH3 is 1. The van der Waals surface area contributed by atoms with Crippen LogP contribution in [0.2, 0.25) is 0 Å². The highest BCUT2D eigenvalue weighted by Gasteiger charge is 2.04. The number of carboxylic acid groups (broad SMARTS) is 1. The predicted molar refractivity (Wildman–Crippen MR) is 67.1 cm³/mol. The van der Waals surface area contributed by atoms with Gasteiger partial charge in [0.2, 0.25) is 0 Å². The smallest absolute Gasteiger partial charge is 0.330 e. The minimum atomic E-state index is -0.935. The molecule has 0 radical (unpaired) electrons. The first-order valence-corrected chi connectivity index (χ1v) is 5.06. The van der Waals surface area contributed by atoms with E-state index in [1.807, 2.05) is 0 Å². The number of Topliss-reactive ketones (excluding diaryl/α,β-unsaturated/α-hetero) is 1. The van der Waals surface area contributed by atoms with Crippen LogP contribution in [0.1, 0.15) is 24.2 Å². The largest absolute Gasteiger partial charge is 0.504 e. The Kier molecular flexibility index (Phi) is 6.20. The van der Waals surface area contributed by atoms with E-state index in [9.17, 15) is 14.7 Å². The van der Waals surface area contributed by atoms with E-state index in [4.69, 9.17) is 9.84 Å². The molecular formula is C13H16O5. The highest BCUT2D eigenvalue weighted by Crippen LogP contribution is 2.26. The average Bonchev–Trinajstić information content (AvgIpc) is 2.30. The first kappa shape index (κ1) is 15.7. The maximum atomic E-state index is 10.9. The molecule has 1 aromatic rings. The number of carbonyl (C=O) groups is 2. The second kappa shape index (κ2) is 7.11. The Bertz CT molecular complexity index is 450. The molecule has 0 spiro atoms. The van der Waals surface area contributed by atoms with E-state index in [1.165, 1.54) is 33.1 Å². The molecule has 0 saturated carbocycles. The fourth-order valence-electron chi connectivity index (χ4n) is 0.897. The van der Waals surface area contributed by atoms with Crippen LogP contribution in [-0.4, -0.2) is 29.1 Å². The molecule has 0 aliphatic carbocycles. The van der Waals surface area contributed by atoms with Crippen LogP contribution in [-0.2, 0) is 4.79 Å². The second-order valence-electron chi connectivity index (χ2n) is 3.53. The van der Waals surface area contributed by atoms with E-state index in [-0.39, 0.29) is 17.1 Å². The Morgan fingerprint density at radius 3 is 2.11 bits per heavy atom. The van der Waals surface area contributed by atoms with Gasteiger partial charge in [0.15, 0.2) is 17.3 Å². The molecular weight excluding hydrogens is 236 g/mol. The van der Waals surface area contributed by atoms with Gasteiger partial charge in [-0.1, -0.05) is 6.58 Å². The zero-order chi connectivity index (χ0) is 14.3. The Balaban J connectivity index is 0.000000411. The predicted octanol–water partition coefficient (Wildman–Crippen LogP) is 2.25. The summed E-state index contributed by atoms with van der Waals surface area (Å²) in [6.45, 7) is 6.07. The third kappa shape index (κ3) is 5.16. The summed E-state index contributed by atoms with van der Waals surface area (Å²) < 4.78 is 4.83. The van der Waals surface area contributed by atoms with E-state index in [0.29, 0.717) is 11.3 Å². The molecule has 1 rings (SSSR count). The van der Waals surface area contributed by atoms with Crippen molar-refractivity contribution in [1.29, 1.82) is 0 Å². The number of carboxylic acids is 1. The van der Waals surface area contributed by atoms with Gasteiger partial charge in [0.1, 0.15) is 0 Å². The quantitative estimate of drug-likeness (QED) is 0.636. The van der Waals surface area contributed by atoms with Crippen LogP contribution < -0.4 is 4.74 Å². The van der Waals surface area contributed by atoms with Crippen molar-refractivity contribution in [3.63, 3.8) is 0 Å². The molecule has 0 amide bonds. The molecule has 1 aromatic carbocycles. The molecule has 0 heterocycles. The second-order valence-corrected chi connectivity index (χ2v) is 3.53. The number of phenolic OH excluding ortho intramolecular Hbond substituents is 1. The van der Waals surface area contributed by atoms with E-state index in [0.717, 1.165) is 0 Å². The Morgan fingerprint density at radius 1 is 1.28 bits per heavy atom. The third-order valence-electron chi connectivity index (χ3n) is 1.95. The van der Waals surface area contributed by atoms with Crippen molar-refractivity contribution in [3.8, 4) is 11.5 Å². The van der Waals surface area contributed by atoms with Crippen molar-refractivity contribution in [1.82, 2.24) is 0 Å². The van der Waals surface area contributed by atoms with Gasteiger partial charge in [0.05, 0.1) is 7.11 Å². The van der Waals surface area contributed by atoms with Crippen LogP contribution in [0.15, 0.2) is 30.4 Å². The van der Waals surface area contributed by atoms with E-state index < -0.39 is 5.97 Å². The topological polar surface area (TPSA) is 83.8 Å². The van der Waals surface area contributed by atoms with Crippen LogP contribution in [0.5, 0.6) is 11.5 Å². The number of ether oxygens (including phenoxy) is 1. The molecule has 2 N–H and O–H groups in total. The lowest BCUT2D eigenvalue weighted by Gasteiger charge is -2.03. The minimum Gasteiger partial charge on any atom is -0.504 e. The third-order valence-corrected chi connectivity index (χ3v) is 1.95. The number of aliphatic carboxylic acids is 1. The lowest BCUT2D eigenvalue weighted by atomic mass is 10.1. The number of carbonyl (C=O) groups excluding carboxylic acids is 1. The summed E-state index contributed by atoms with van der Waals surface area (Å²) in [5.74, 6) is -0.617. The molecule has 0 saturated heterocycles. The van der Waals surface area contributed by atoms with Crippen LogP contribution in [0.25, 0.3) is 0 Å². The van der Waals surface area contributed by atoms with Gasteiger partial charge in [-0.05, 0) is 32.0 Å². The van der Waals surface area contributed by atoms with Crippen molar-refractivity contribution in [3.05, 3.63) is 35.9 Å². The SMILES string of the molecule is C=C(C)C(=O)O.COc1cc(C(C)=O)ccc1O. The lowest BCUT2D eigenvalue weighted by molar-refractivity contribution is -0.132. The van der Waals surface area contributed by atoms with E-state index >= 15 is 0 Å². The molecule has 0 aromatic heterocycles. The fourth-order valence-corrected chi connectivity index (χ4v) is 0.897. The number of phenols is 1. The number of ketones is 1. The van der Waals surface area contributed by atoms with Gasteiger partial charge in [-0.3, -0.25) is 4.79 Å². The van der Waals surface area contributed by atoms with Crippen molar-refractivity contribution < 1.29 is 24.5 Å². The summed E-state index contributed by atoms with van der Waals surface area (Å²) in [7, 11) is 1.44. The van der Waals surface area contributed by atoms with E-state index in [1.54, 1.807) is 6.07 Å². The standard InChI is InChI=1S/C9H10O3.C4H6O2/c1-6(10)7-3-4-8(11)9(5-7)12-2;1-3(2)4(5)6/h3-5,11H,1-2H3;1H2,2H3,(H,5,6). The number of aromatic hydroxyl groups is 1. The summed E-state index contributed by atoms with van der Waals surface area (Å²) in [5.41, 5.74) is 0.708. The Labute approximate surface area is 105 Å². The number of hydrogen-bond donors (Lipinski definition) is 2. The minimum absolute atomic E-state index is 0.0440. The Morgan fingerprint density at radius 2 is 1.78 bits per heavy atom. The zero-order valence-electron chi connectivity index (χ0n) is 10.6. The van der Waals surface area contributed by atoms with Gasteiger partial charge in [0, 0.05) is 11.1 Å². The summed E-state index contributed by atoms with van der Waals surface area (Å²) in [5, 5.41) is 17.1. The molecule has 0 atom stereocenters. The molecule has 5 heteroatoms. The highest BCUT2D eigenvalue weighted by molar-refractivity contribution is 5.94. The van der Waals surface area contributed by atoms with Crippen LogP contribution in [0, 0.1) is 0 Å². The van der Waals surface area contributed by atoms with Gasteiger partial charge in [0.25, 0.3) is 0 Å². The molecule has 18 heavy (non-hydrogen) atoms. The fraction of sp³-hybridized carbons (Fsp3) is 0.231. The van der Waals surface area contributed by atoms with Gasteiger partial charge < -0.3 is 14.9 Å². The van der Waals surface area contributed by atoms with Gasteiger partial charge in [-0.15, -0.1) is 0 Å². The first-order valence-electron chi connectivity index (χ1n) is 5.06. The molecule has 98 valence electrons. The highest BCUT2D eigenvalue weighted by atomic mass is 16.5. The number of benzene rings is 1. The van der Waals surface area contributed by atoms with Crippen LogP contribution in [0.4, 0.5) is 0 Å². The van der Waals surface area contributed by atoms with Gasteiger partial charge in [-0.25, -0.2) is 4.79 Å². The van der Waals surface area contributed by atoms with Crippen molar-refractivity contribution in [2.24, 2.45) is 0 Å². The van der Waals surface area contributed by atoms with Crippen molar-refractivity contribution in [2.75, 3.05) is 7.11 Å². The maximum absolute atomic E-state index is 10.9. The molecule has 0 fully saturated rings. The summed E-state index contributed by atoms with van der Waals surface area (Å²) in [6, 6.07) is 4.51. The average molecular weight is 252 g/mol. The van der Waals surface area contributed by atoms with Crippen molar-refractivity contribution >= 4 is 11.8 Å². The van der Waals surface area contributed by atoms with Crippen LogP contribution >= 0.6 is 0 Å². The van der Waals surface area contributed by atoms with Crippen molar-refractivity contribution in [2.45, 2.75) is 13.8 Å². The van der Waals surface area contributed by atoms with E-state index in [2.05, 4.69) is 6.58 Å². The molecule has 0 aliphatic rings. The van der Waals surface area contributed by atoms with Crippen LogP contribution in [0.3, 0.4) is 0 Å². The summed E-state index contributed by atoms with van der Waals surface area (Å²) >= 11 is 0. The number of rotatable bonds is 3. The molecule has 0 unspecified atom stereocenters. The zero-order valence-corrected chi connectivity index (χ0v) is 10.6. The maximum Gasteiger partial charge on any atom is 0.330 e. The Hall–Kier alpha value is -2.30. The lowest BCUT2D eigenvalue weighted by Crippen LogP contribution is -1.92. The molecule has 5 nitrogen and oxygen atoms in total. The summed E-state index contributed by atoms with van der Waals surface area (Å²) in [4.78, 5) is 20.5. The van der Waals surface area contributed by atoms with Gasteiger partial charge in [-0.2, -0.15) is 0 Å². The first-order chi connectivity index (χ1) is 8.29. The molecule has 0 aliphatic heterocycles. The number of hydrogen-bond acceptors (Lipinski definition) is 4.